The van der Waals surface area contributed by atoms with Crippen LogP contribution in [0.4, 0.5) is 8.78 Å². The summed E-state index contributed by atoms with van der Waals surface area (Å²) in [5, 5.41) is 12.0. The highest BCUT2D eigenvalue weighted by molar-refractivity contribution is 7.95. The number of nitriles is 1. The molecule has 1 aromatic rings. The monoisotopic (exact) mass is 299 g/mol. The summed E-state index contributed by atoms with van der Waals surface area (Å²) in [4.78, 5) is -1.52. The van der Waals surface area contributed by atoms with E-state index in [0.29, 0.717) is 0 Å². The van der Waals surface area contributed by atoms with Crippen LogP contribution in [-0.4, -0.2) is 28.6 Å². The molecule has 1 saturated heterocycles. The molecule has 4 nitrogen and oxygen atoms in total. The molecule has 0 aromatic heterocycles. The van der Waals surface area contributed by atoms with Crippen molar-refractivity contribution in [1.82, 2.24) is 5.32 Å². The van der Waals surface area contributed by atoms with Gasteiger partial charge in [-0.2, -0.15) is 5.26 Å². The first-order chi connectivity index (χ1) is 9.36. The molecule has 0 spiro atoms. The van der Waals surface area contributed by atoms with Crippen LogP contribution >= 0.6 is 0 Å². The third-order valence-corrected chi connectivity index (χ3v) is 6.63. The molecular weight excluding hydrogens is 284 g/mol. The van der Waals surface area contributed by atoms with Crippen LogP contribution in [0.2, 0.25) is 0 Å². The first kappa shape index (κ1) is 14.9. The molecule has 1 fully saturated rings. The van der Waals surface area contributed by atoms with Gasteiger partial charge >= 0.3 is 0 Å². The van der Waals surface area contributed by atoms with Crippen molar-refractivity contribution in [2.45, 2.75) is 17.3 Å². The minimum Gasteiger partial charge on any atom is -0.275 e. The average Bonchev–Trinajstić information content (AvgIpc) is 2.70. The van der Waals surface area contributed by atoms with E-state index in [0.717, 1.165) is 0 Å². The van der Waals surface area contributed by atoms with E-state index in [2.05, 4.69) is 9.68 Å². The Morgan fingerprint density at radius 3 is 2.65 bits per heavy atom. The molecule has 1 unspecified atom stereocenters. The van der Waals surface area contributed by atoms with Gasteiger partial charge in [0, 0.05) is 12.6 Å². The fraction of sp³-hybridized carbons (Fsp3) is 0.462. The van der Waals surface area contributed by atoms with E-state index in [-0.39, 0.29) is 11.3 Å². The van der Waals surface area contributed by atoms with E-state index < -0.39 is 32.6 Å². The zero-order chi connectivity index (χ0) is 15.0. The Kier molecular flexibility index (Phi) is 3.56. The highest BCUT2D eigenvalue weighted by atomic mass is 32.2. The molecule has 108 valence electrons. The second-order valence-electron chi connectivity index (χ2n) is 4.93. The standard InChI is InChI=1S/C13H15F2N3OS/c1-12(8-16)18-13(7-14,9-20(12,19)17-2)10-5-3-4-6-11(10)15/h3-6,18H,7,9H2,1-2H3/t12?,13-,20-/m0/s1. The highest BCUT2D eigenvalue weighted by Crippen LogP contribution is 2.39. The smallest absolute Gasteiger partial charge is 0.188 e. The number of hydrogen-bond donors (Lipinski definition) is 1. The number of rotatable bonds is 2. The summed E-state index contributed by atoms with van der Waals surface area (Å²) >= 11 is 0. The minimum absolute atomic E-state index is 0.0675. The fourth-order valence-corrected chi connectivity index (χ4v) is 4.79. The van der Waals surface area contributed by atoms with Crippen molar-refractivity contribution in [3.05, 3.63) is 35.6 Å². The Morgan fingerprint density at radius 2 is 2.20 bits per heavy atom. The van der Waals surface area contributed by atoms with E-state index in [9.17, 15) is 18.3 Å². The molecule has 0 aliphatic carbocycles. The number of nitrogens with one attached hydrogen (secondary N) is 1. The molecule has 3 atom stereocenters. The van der Waals surface area contributed by atoms with Crippen molar-refractivity contribution in [1.29, 1.82) is 5.26 Å². The van der Waals surface area contributed by atoms with Crippen molar-refractivity contribution in [2.24, 2.45) is 4.36 Å². The lowest BCUT2D eigenvalue weighted by molar-refractivity contribution is 0.266. The summed E-state index contributed by atoms with van der Waals surface area (Å²) in [7, 11) is -1.69. The van der Waals surface area contributed by atoms with E-state index in [1.165, 1.54) is 32.2 Å². The van der Waals surface area contributed by atoms with Crippen molar-refractivity contribution < 1.29 is 13.0 Å². The first-order valence-electron chi connectivity index (χ1n) is 6.00. The zero-order valence-corrected chi connectivity index (χ0v) is 12.0. The largest absolute Gasteiger partial charge is 0.275 e. The summed E-state index contributed by atoms with van der Waals surface area (Å²) in [6, 6.07) is 7.60. The minimum atomic E-state index is -3.02. The molecule has 0 radical (unpaired) electrons. The van der Waals surface area contributed by atoms with Gasteiger partial charge in [0.05, 0.1) is 27.1 Å². The second-order valence-corrected chi connectivity index (χ2v) is 7.68. The van der Waals surface area contributed by atoms with Crippen LogP contribution in [0.25, 0.3) is 0 Å². The van der Waals surface area contributed by atoms with Crippen LogP contribution in [-0.2, 0) is 15.3 Å². The summed E-state index contributed by atoms with van der Waals surface area (Å²) in [6.45, 7) is 0.429. The number of nitrogens with zero attached hydrogens (tertiary/aromatic N) is 2. The molecule has 0 saturated carbocycles. The number of halogens is 2. The number of hydrogen-bond acceptors (Lipinski definition) is 4. The van der Waals surface area contributed by atoms with Gasteiger partial charge < -0.3 is 0 Å². The van der Waals surface area contributed by atoms with Crippen LogP contribution in [0.1, 0.15) is 12.5 Å². The lowest BCUT2D eigenvalue weighted by atomic mass is 9.92. The summed E-state index contributed by atoms with van der Waals surface area (Å²) in [5.41, 5.74) is -1.43. The van der Waals surface area contributed by atoms with Crippen molar-refractivity contribution in [3.8, 4) is 6.07 Å². The maximum absolute atomic E-state index is 14.0. The van der Waals surface area contributed by atoms with Gasteiger partial charge in [0.15, 0.2) is 4.87 Å². The Balaban J connectivity index is 2.66. The third kappa shape index (κ3) is 1.91. The van der Waals surface area contributed by atoms with Gasteiger partial charge in [0.2, 0.25) is 0 Å². The second kappa shape index (κ2) is 4.79. The molecule has 1 aliphatic rings. The first-order valence-corrected chi connectivity index (χ1v) is 7.69. The SMILES string of the molecule is CN=[S@]1(=O)C[C@@](CF)(c2ccccc2F)NC1(C)C#N. The normalized spacial score (nSPS) is 36.5. The quantitative estimate of drug-likeness (QED) is 0.907. The molecule has 0 amide bonds. The molecule has 20 heavy (non-hydrogen) atoms. The summed E-state index contributed by atoms with van der Waals surface area (Å²) in [6.07, 6.45) is 0. The Labute approximate surface area is 117 Å². The molecule has 1 heterocycles. The molecule has 1 aliphatic heterocycles. The Bertz CT molecular complexity index is 693. The predicted octanol–water partition coefficient (Wildman–Crippen LogP) is 1.93. The van der Waals surface area contributed by atoms with Gasteiger partial charge in [0.25, 0.3) is 0 Å². The van der Waals surface area contributed by atoms with Crippen molar-refractivity contribution in [3.63, 3.8) is 0 Å². The fourth-order valence-electron chi connectivity index (χ4n) is 2.54. The van der Waals surface area contributed by atoms with Crippen LogP contribution in [0.5, 0.6) is 0 Å². The summed E-state index contributed by atoms with van der Waals surface area (Å²) < 4.78 is 44.2. The van der Waals surface area contributed by atoms with Gasteiger partial charge in [0.1, 0.15) is 12.5 Å². The summed E-state index contributed by atoms with van der Waals surface area (Å²) in [5.74, 6) is -0.837. The lowest BCUT2D eigenvalue weighted by Gasteiger charge is -2.28. The van der Waals surface area contributed by atoms with Gasteiger partial charge in [-0.05, 0) is 13.0 Å². The van der Waals surface area contributed by atoms with Crippen LogP contribution in [0, 0.1) is 17.1 Å². The molecule has 2 rings (SSSR count). The maximum Gasteiger partial charge on any atom is 0.188 e. The third-order valence-electron chi connectivity index (χ3n) is 3.68. The maximum atomic E-state index is 14.0. The highest BCUT2D eigenvalue weighted by Gasteiger charge is 2.56. The van der Waals surface area contributed by atoms with E-state index >= 15 is 0 Å². The van der Waals surface area contributed by atoms with E-state index in [1.807, 2.05) is 6.07 Å². The molecule has 1 aromatic carbocycles. The van der Waals surface area contributed by atoms with Crippen LogP contribution < -0.4 is 5.32 Å². The van der Waals surface area contributed by atoms with Gasteiger partial charge in [-0.15, -0.1) is 0 Å². The topological polar surface area (TPSA) is 65.2 Å². The molecule has 7 heteroatoms. The number of alkyl halides is 1. The van der Waals surface area contributed by atoms with Gasteiger partial charge in [-0.25, -0.2) is 17.4 Å². The number of benzene rings is 1. The lowest BCUT2D eigenvalue weighted by Crippen LogP contribution is -2.50. The van der Waals surface area contributed by atoms with Crippen molar-refractivity contribution >= 4 is 9.73 Å². The van der Waals surface area contributed by atoms with E-state index in [1.54, 1.807) is 6.07 Å². The van der Waals surface area contributed by atoms with Gasteiger partial charge in [-0.1, -0.05) is 18.2 Å². The molecular formula is C13H15F2N3OS. The average molecular weight is 299 g/mol. The predicted molar refractivity (Wildman–Crippen MR) is 72.6 cm³/mol. The van der Waals surface area contributed by atoms with E-state index in [4.69, 9.17) is 0 Å². The Morgan fingerprint density at radius 1 is 1.55 bits per heavy atom. The van der Waals surface area contributed by atoms with Gasteiger partial charge in [-0.3, -0.25) is 5.32 Å². The Hall–Kier alpha value is -1.52. The van der Waals surface area contributed by atoms with Crippen LogP contribution in [0.3, 0.4) is 0 Å². The molecule has 0 bridgehead atoms. The van der Waals surface area contributed by atoms with Crippen molar-refractivity contribution in [2.75, 3.05) is 19.5 Å². The molecule has 1 N–H and O–H groups in total. The zero-order valence-electron chi connectivity index (χ0n) is 11.2. The van der Waals surface area contributed by atoms with Crippen LogP contribution in [0.15, 0.2) is 28.6 Å².